The number of benzene rings is 3. The molecule has 0 aliphatic rings. The number of nitrogen functional groups attached to an aromatic ring is 1. The van der Waals surface area contributed by atoms with Gasteiger partial charge in [0.1, 0.15) is 0 Å². The summed E-state index contributed by atoms with van der Waals surface area (Å²) in [7, 11) is 0. The van der Waals surface area contributed by atoms with Gasteiger partial charge in [-0.3, -0.25) is 4.79 Å². The summed E-state index contributed by atoms with van der Waals surface area (Å²) in [5, 5.41) is 5.11. The molecule has 3 N–H and O–H groups in total. The fourth-order valence-corrected chi connectivity index (χ4v) is 2.42. The third-order valence-corrected chi connectivity index (χ3v) is 3.47. The molecule has 0 saturated heterocycles. The Morgan fingerprint density at radius 2 is 1.62 bits per heavy atom. The van der Waals surface area contributed by atoms with E-state index in [1.165, 1.54) is 0 Å². The summed E-state index contributed by atoms with van der Waals surface area (Å²) in [4.78, 5) is 12.2. The first-order valence-corrected chi connectivity index (χ1v) is 6.85. The first-order chi connectivity index (χ1) is 10.2. The number of anilines is 2. The van der Waals surface area contributed by atoms with Crippen LogP contribution in [-0.4, -0.2) is 5.91 Å². The summed E-state index contributed by atoms with van der Waals surface area (Å²) in [5.74, 6) is -0.0655. The van der Waals surface area contributed by atoms with Gasteiger partial charge in [-0.05, 0) is 28.5 Å². The second-order valence-corrected chi connectivity index (χ2v) is 4.95. The van der Waals surface area contributed by atoms with Crippen molar-refractivity contribution in [1.82, 2.24) is 0 Å². The van der Waals surface area contributed by atoms with Gasteiger partial charge in [-0.2, -0.15) is 0 Å². The Bertz CT molecular complexity index is 791. The lowest BCUT2D eigenvalue weighted by Crippen LogP contribution is -2.15. The molecule has 0 aliphatic heterocycles. The fourth-order valence-electron chi connectivity index (χ4n) is 2.42. The van der Waals surface area contributed by atoms with Crippen molar-refractivity contribution >= 4 is 28.1 Å². The molecule has 3 aromatic rings. The Labute approximate surface area is 123 Å². The van der Waals surface area contributed by atoms with Gasteiger partial charge < -0.3 is 11.1 Å². The average Bonchev–Trinajstić information content (AvgIpc) is 2.50. The molecule has 0 fully saturated rings. The number of amides is 1. The molecule has 0 radical (unpaired) electrons. The van der Waals surface area contributed by atoms with Crippen molar-refractivity contribution in [2.24, 2.45) is 0 Å². The monoisotopic (exact) mass is 276 g/mol. The zero-order valence-electron chi connectivity index (χ0n) is 11.5. The second-order valence-electron chi connectivity index (χ2n) is 4.95. The quantitative estimate of drug-likeness (QED) is 0.718. The number of fused-ring (bicyclic) bond motifs is 1. The Morgan fingerprint density at radius 3 is 2.48 bits per heavy atom. The van der Waals surface area contributed by atoms with E-state index in [-0.39, 0.29) is 5.91 Å². The van der Waals surface area contributed by atoms with E-state index < -0.39 is 0 Å². The molecule has 104 valence electrons. The maximum atomic E-state index is 12.2. The van der Waals surface area contributed by atoms with Crippen molar-refractivity contribution in [2.75, 3.05) is 11.1 Å². The Morgan fingerprint density at radius 1 is 0.905 bits per heavy atom. The summed E-state index contributed by atoms with van der Waals surface area (Å²) >= 11 is 0. The van der Waals surface area contributed by atoms with Gasteiger partial charge >= 0.3 is 0 Å². The van der Waals surface area contributed by atoms with E-state index in [0.717, 1.165) is 16.3 Å². The zero-order chi connectivity index (χ0) is 14.7. The summed E-state index contributed by atoms with van der Waals surface area (Å²) < 4.78 is 0. The summed E-state index contributed by atoms with van der Waals surface area (Å²) in [5.41, 5.74) is 8.08. The minimum absolute atomic E-state index is 0.0655. The fraction of sp³-hybridized carbons (Fsp3) is 0.0556. The van der Waals surface area contributed by atoms with Gasteiger partial charge in [0.15, 0.2) is 0 Å². The Kier molecular flexibility index (Phi) is 3.56. The lowest BCUT2D eigenvalue weighted by molar-refractivity contribution is -0.115. The van der Waals surface area contributed by atoms with Crippen LogP contribution in [-0.2, 0) is 11.2 Å². The predicted molar refractivity (Wildman–Crippen MR) is 87.1 cm³/mol. The van der Waals surface area contributed by atoms with Crippen molar-refractivity contribution in [3.63, 3.8) is 0 Å². The van der Waals surface area contributed by atoms with Crippen molar-refractivity contribution in [2.45, 2.75) is 6.42 Å². The van der Waals surface area contributed by atoms with E-state index in [4.69, 9.17) is 5.73 Å². The molecule has 0 aliphatic carbocycles. The highest BCUT2D eigenvalue weighted by Crippen LogP contribution is 2.20. The number of hydrogen-bond donors (Lipinski definition) is 2. The van der Waals surface area contributed by atoms with Gasteiger partial charge in [0, 0.05) is 0 Å². The Hall–Kier alpha value is -2.81. The lowest BCUT2D eigenvalue weighted by atomic mass is 10.0. The number of nitrogens with one attached hydrogen (secondary N) is 1. The van der Waals surface area contributed by atoms with E-state index >= 15 is 0 Å². The molecule has 0 aromatic heterocycles. The first kappa shape index (κ1) is 13.2. The van der Waals surface area contributed by atoms with Crippen LogP contribution in [0.15, 0.2) is 66.7 Å². The standard InChI is InChI=1S/C18H16N2O/c19-16-10-3-4-11-17(16)20-18(21)12-14-8-5-7-13-6-1-2-9-15(13)14/h1-11H,12,19H2,(H,20,21). The molecule has 1 amide bonds. The van der Waals surface area contributed by atoms with E-state index in [1.54, 1.807) is 12.1 Å². The third kappa shape index (κ3) is 2.87. The summed E-state index contributed by atoms with van der Waals surface area (Å²) in [6, 6.07) is 21.3. The number of rotatable bonds is 3. The highest BCUT2D eigenvalue weighted by Gasteiger charge is 2.08. The van der Waals surface area contributed by atoms with Crippen LogP contribution in [0.4, 0.5) is 11.4 Å². The van der Waals surface area contributed by atoms with Crippen LogP contribution in [0.2, 0.25) is 0 Å². The molecule has 3 rings (SSSR count). The summed E-state index contributed by atoms with van der Waals surface area (Å²) in [6.07, 6.45) is 0.329. The minimum Gasteiger partial charge on any atom is -0.397 e. The van der Waals surface area contributed by atoms with Crippen molar-refractivity contribution in [1.29, 1.82) is 0 Å². The van der Waals surface area contributed by atoms with E-state index in [1.807, 2.05) is 54.6 Å². The first-order valence-electron chi connectivity index (χ1n) is 6.85. The topological polar surface area (TPSA) is 55.1 Å². The summed E-state index contributed by atoms with van der Waals surface area (Å²) in [6.45, 7) is 0. The normalized spacial score (nSPS) is 10.5. The Balaban J connectivity index is 1.82. The van der Waals surface area contributed by atoms with Gasteiger partial charge in [-0.25, -0.2) is 0 Å². The maximum absolute atomic E-state index is 12.2. The molecule has 3 heteroatoms. The minimum atomic E-state index is -0.0655. The van der Waals surface area contributed by atoms with Gasteiger partial charge in [0.05, 0.1) is 17.8 Å². The van der Waals surface area contributed by atoms with Crippen LogP contribution in [0.3, 0.4) is 0 Å². The zero-order valence-corrected chi connectivity index (χ0v) is 11.5. The number of carbonyl (C=O) groups excluding carboxylic acids is 1. The smallest absolute Gasteiger partial charge is 0.228 e. The predicted octanol–water partition coefficient (Wildman–Crippen LogP) is 3.60. The number of hydrogen-bond acceptors (Lipinski definition) is 2. The van der Waals surface area contributed by atoms with Crippen LogP contribution in [0.5, 0.6) is 0 Å². The van der Waals surface area contributed by atoms with Crippen molar-refractivity contribution < 1.29 is 4.79 Å². The van der Waals surface area contributed by atoms with E-state index in [2.05, 4.69) is 5.32 Å². The van der Waals surface area contributed by atoms with Gasteiger partial charge in [-0.15, -0.1) is 0 Å². The molecule has 3 aromatic carbocycles. The molecule has 0 spiro atoms. The van der Waals surface area contributed by atoms with E-state index in [9.17, 15) is 4.79 Å². The molecular weight excluding hydrogens is 260 g/mol. The van der Waals surface area contributed by atoms with Crippen molar-refractivity contribution in [3.8, 4) is 0 Å². The molecule has 0 bridgehead atoms. The molecular formula is C18H16N2O. The SMILES string of the molecule is Nc1ccccc1NC(=O)Cc1cccc2ccccc12. The van der Waals surface area contributed by atoms with Crippen LogP contribution < -0.4 is 11.1 Å². The average molecular weight is 276 g/mol. The third-order valence-electron chi connectivity index (χ3n) is 3.47. The van der Waals surface area contributed by atoms with E-state index in [0.29, 0.717) is 17.8 Å². The molecule has 0 heterocycles. The highest BCUT2D eigenvalue weighted by atomic mass is 16.1. The molecule has 0 atom stereocenters. The lowest BCUT2D eigenvalue weighted by Gasteiger charge is -2.09. The van der Waals surface area contributed by atoms with Crippen molar-refractivity contribution in [3.05, 3.63) is 72.3 Å². The van der Waals surface area contributed by atoms with Gasteiger partial charge in [0.2, 0.25) is 5.91 Å². The van der Waals surface area contributed by atoms with Gasteiger partial charge in [0.25, 0.3) is 0 Å². The number of para-hydroxylation sites is 2. The molecule has 21 heavy (non-hydrogen) atoms. The molecule has 0 saturated carbocycles. The van der Waals surface area contributed by atoms with Crippen LogP contribution >= 0.6 is 0 Å². The van der Waals surface area contributed by atoms with Crippen LogP contribution in [0.1, 0.15) is 5.56 Å². The highest BCUT2D eigenvalue weighted by molar-refractivity contribution is 5.97. The number of nitrogens with two attached hydrogens (primary N) is 1. The molecule has 3 nitrogen and oxygen atoms in total. The van der Waals surface area contributed by atoms with Crippen LogP contribution in [0, 0.1) is 0 Å². The number of carbonyl (C=O) groups is 1. The second kappa shape index (κ2) is 5.67. The van der Waals surface area contributed by atoms with Crippen LogP contribution in [0.25, 0.3) is 10.8 Å². The van der Waals surface area contributed by atoms with Gasteiger partial charge in [-0.1, -0.05) is 54.6 Å². The molecule has 0 unspecified atom stereocenters. The largest absolute Gasteiger partial charge is 0.397 e. The maximum Gasteiger partial charge on any atom is 0.228 e.